The van der Waals surface area contributed by atoms with Crippen LogP contribution in [0, 0.1) is 6.92 Å². The molecule has 1 aromatic heterocycles. The maximum Gasteiger partial charge on any atom is 0.251 e. The van der Waals surface area contributed by atoms with E-state index >= 15 is 0 Å². The first kappa shape index (κ1) is 12.0. The van der Waals surface area contributed by atoms with E-state index < -0.39 is 0 Å². The van der Waals surface area contributed by atoms with Crippen molar-refractivity contribution in [2.45, 2.75) is 6.92 Å². The van der Waals surface area contributed by atoms with Crippen LogP contribution in [0.5, 0.6) is 0 Å². The molecule has 0 saturated carbocycles. The van der Waals surface area contributed by atoms with E-state index in [0.29, 0.717) is 18.7 Å². The summed E-state index contributed by atoms with van der Waals surface area (Å²) in [5.41, 5.74) is 1.52. The van der Waals surface area contributed by atoms with Gasteiger partial charge in [0.2, 0.25) is 0 Å². The second-order valence-corrected chi connectivity index (χ2v) is 4.90. The monoisotopic (exact) mass is 250 g/mol. The number of carbonyl (C=O) groups excluding carboxylic acids is 1. The average Bonchev–Trinajstić information content (AvgIpc) is 2.68. The number of thiazole rings is 1. The summed E-state index contributed by atoms with van der Waals surface area (Å²) in [6.07, 6.45) is 0. The quantitative estimate of drug-likeness (QED) is 0.844. The maximum atomic E-state index is 11.8. The van der Waals surface area contributed by atoms with Crippen LogP contribution in [-0.4, -0.2) is 31.2 Å². The van der Waals surface area contributed by atoms with E-state index in [0.717, 1.165) is 15.2 Å². The van der Waals surface area contributed by atoms with E-state index in [2.05, 4.69) is 10.3 Å². The van der Waals surface area contributed by atoms with Crippen molar-refractivity contribution < 1.29 is 9.53 Å². The number of methoxy groups -OCH3 is 1. The fourth-order valence-corrected chi connectivity index (χ4v) is 2.36. The number of ether oxygens (including phenoxy) is 1. The standard InChI is InChI=1S/C12H14N2O2S/c1-8-14-10-7-9(3-4-11(10)17-8)12(15)13-5-6-16-2/h3-4,7H,5-6H2,1-2H3,(H,13,15). The Morgan fingerprint density at radius 2 is 2.35 bits per heavy atom. The van der Waals surface area contributed by atoms with Crippen molar-refractivity contribution in [3.63, 3.8) is 0 Å². The summed E-state index contributed by atoms with van der Waals surface area (Å²) in [6, 6.07) is 5.58. The number of nitrogens with one attached hydrogen (secondary N) is 1. The van der Waals surface area contributed by atoms with Crippen LogP contribution in [0.2, 0.25) is 0 Å². The molecule has 0 aliphatic carbocycles. The lowest BCUT2D eigenvalue weighted by molar-refractivity contribution is 0.0937. The number of aryl methyl sites for hydroxylation is 1. The Balaban J connectivity index is 2.15. The van der Waals surface area contributed by atoms with Crippen molar-refractivity contribution in [1.82, 2.24) is 10.3 Å². The van der Waals surface area contributed by atoms with Crippen molar-refractivity contribution in [2.75, 3.05) is 20.3 Å². The van der Waals surface area contributed by atoms with E-state index in [-0.39, 0.29) is 5.91 Å². The summed E-state index contributed by atoms with van der Waals surface area (Å²) in [5.74, 6) is -0.0883. The van der Waals surface area contributed by atoms with Crippen LogP contribution >= 0.6 is 11.3 Å². The van der Waals surface area contributed by atoms with Gasteiger partial charge in [0.05, 0.1) is 21.8 Å². The molecule has 5 heteroatoms. The van der Waals surface area contributed by atoms with Gasteiger partial charge in [-0.25, -0.2) is 4.98 Å². The molecular formula is C12H14N2O2S. The van der Waals surface area contributed by atoms with Gasteiger partial charge in [-0.05, 0) is 25.1 Å². The Labute approximate surface area is 104 Å². The third-order valence-electron chi connectivity index (χ3n) is 2.35. The summed E-state index contributed by atoms with van der Waals surface area (Å²) in [4.78, 5) is 16.1. The molecule has 0 fully saturated rings. The summed E-state index contributed by atoms with van der Waals surface area (Å²) in [6.45, 7) is 3.00. The van der Waals surface area contributed by atoms with Crippen molar-refractivity contribution >= 4 is 27.5 Å². The van der Waals surface area contributed by atoms with Crippen LogP contribution in [0.3, 0.4) is 0 Å². The van der Waals surface area contributed by atoms with Gasteiger partial charge in [-0.3, -0.25) is 4.79 Å². The summed E-state index contributed by atoms with van der Waals surface area (Å²) < 4.78 is 5.98. The first-order valence-electron chi connectivity index (χ1n) is 5.35. The van der Waals surface area contributed by atoms with Gasteiger partial charge < -0.3 is 10.1 Å². The zero-order chi connectivity index (χ0) is 12.3. The van der Waals surface area contributed by atoms with Gasteiger partial charge in [-0.2, -0.15) is 0 Å². The van der Waals surface area contributed by atoms with Crippen molar-refractivity contribution in [1.29, 1.82) is 0 Å². The number of amides is 1. The minimum atomic E-state index is -0.0883. The zero-order valence-corrected chi connectivity index (χ0v) is 10.6. The zero-order valence-electron chi connectivity index (χ0n) is 9.82. The highest BCUT2D eigenvalue weighted by molar-refractivity contribution is 7.18. The molecule has 2 rings (SSSR count). The normalized spacial score (nSPS) is 10.7. The van der Waals surface area contributed by atoms with Crippen LogP contribution < -0.4 is 5.32 Å². The number of hydrogen-bond donors (Lipinski definition) is 1. The lowest BCUT2D eigenvalue weighted by Gasteiger charge is -2.03. The third kappa shape index (κ3) is 2.81. The predicted molar refractivity (Wildman–Crippen MR) is 68.6 cm³/mol. The molecule has 1 amide bonds. The highest BCUT2D eigenvalue weighted by atomic mass is 32.1. The number of benzene rings is 1. The highest BCUT2D eigenvalue weighted by Gasteiger charge is 2.07. The topological polar surface area (TPSA) is 51.2 Å². The number of hydrogen-bond acceptors (Lipinski definition) is 4. The van der Waals surface area contributed by atoms with Crippen LogP contribution in [0.4, 0.5) is 0 Å². The number of fused-ring (bicyclic) bond motifs is 1. The van der Waals surface area contributed by atoms with Crippen molar-refractivity contribution in [3.05, 3.63) is 28.8 Å². The van der Waals surface area contributed by atoms with E-state index in [1.54, 1.807) is 18.4 Å². The van der Waals surface area contributed by atoms with Crippen molar-refractivity contribution in [2.24, 2.45) is 0 Å². The largest absolute Gasteiger partial charge is 0.383 e. The van der Waals surface area contributed by atoms with E-state index in [4.69, 9.17) is 4.74 Å². The Kier molecular flexibility index (Phi) is 3.71. The van der Waals surface area contributed by atoms with E-state index in [1.165, 1.54) is 0 Å². The molecule has 0 unspecified atom stereocenters. The Bertz CT molecular complexity index is 536. The Morgan fingerprint density at radius 1 is 1.53 bits per heavy atom. The van der Waals surface area contributed by atoms with Crippen LogP contribution in [0.15, 0.2) is 18.2 Å². The van der Waals surface area contributed by atoms with E-state index in [9.17, 15) is 4.79 Å². The van der Waals surface area contributed by atoms with Gasteiger partial charge in [0.25, 0.3) is 5.91 Å². The van der Waals surface area contributed by atoms with E-state index in [1.807, 2.05) is 25.1 Å². The molecule has 90 valence electrons. The number of nitrogens with zero attached hydrogens (tertiary/aromatic N) is 1. The molecule has 1 aromatic carbocycles. The third-order valence-corrected chi connectivity index (χ3v) is 3.30. The second-order valence-electron chi connectivity index (χ2n) is 3.66. The second kappa shape index (κ2) is 5.25. The lowest BCUT2D eigenvalue weighted by Crippen LogP contribution is -2.26. The minimum absolute atomic E-state index is 0.0883. The molecule has 17 heavy (non-hydrogen) atoms. The van der Waals surface area contributed by atoms with Crippen LogP contribution in [-0.2, 0) is 4.74 Å². The molecular weight excluding hydrogens is 236 g/mol. The number of carbonyl (C=O) groups is 1. The molecule has 0 radical (unpaired) electrons. The molecule has 0 bridgehead atoms. The first-order valence-corrected chi connectivity index (χ1v) is 6.16. The predicted octanol–water partition coefficient (Wildman–Crippen LogP) is 1.98. The molecule has 1 heterocycles. The molecule has 0 saturated heterocycles. The minimum Gasteiger partial charge on any atom is -0.383 e. The average molecular weight is 250 g/mol. The molecule has 0 aliphatic rings. The van der Waals surface area contributed by atoms with Gasteiger partial charge in [-0.15, -0.1) is 11.3 Å². The van der Waals surface area contributed by atoms with Gasteiger partial charge in [0, 0.05) is 19.2 Å². The fraction of sp³-hybridized carbons (Fsp3) is 0.333. The highest BCUT2D eigenvalue weighted by Crippen LogP contribution is 2.22. The Hall–Kier alpha value is -1.46. The molecule has 0 spiro atoms. The van der Waals surface area contributed by atoms with Crippen LogP contribution in [0.25, 0.3) is 10.2 Å². The van der Waals surface area contributed by atoms with Crippen LogP contribution in [0.1, 0.15) is 15.4 Å². The molecule has 2 aromatic rings. The smallest absolute Gasteiger partial charge is 0.251 e. The van der Waals surface area contributed by atoms with Gasteiger partial charge in [0.1, 0.15) is 0 Å². The van der Waals surface area contributed by atoms with Gasteiger partial charge >= 0.3 is 0 Å². The molecule has 0 atom stereocenters. The first-order chi connectivity index (χ1) is 8.20. The SMILES string of the molecule is COCCNC(=O)c1ccc2sc(C)nc2c1. The van der Waals surface area contributed by atoms with Gasteiger partial charge in [-0.1, -0.05) is 0 Å². The molecule has 0 aliphatic heterocycles. The van der Waals surface area contributed by atoms with Crippen molar-refractivity contribution in [3.8, 4) is 0 Å². The van der Waals surface area contributed by atoms with Gasteiger partial charge in [0.15, 0.2) is 0 Å². The summed E-state index contributed by atoms with van der Waals surface area (Å²) >= 11 is 1.63. The summed E-state index contributed by atoms with van der Waals surface area (Å²) in [5, 5.41) is 3.79. The molecule has 1 N–H and O–H groups in total. The molecule has 4 nitrogen and oxygen atoms in total. The number of aromatic nitrogens is 1. The lowest BCUT2D eigenvalue weighted by atomic mass is 10.2. The fourth-order valence-electron chi connectivity index (χ4n) is 1.55. The Morgan fingerprint density at radius 3 is 3.12 bits per heavy atom. The number of rotatable bonds is 4. The summed E-state index contributed by atoms with van der Waals surface area (Å²) in [7, 11) is 1.61. The maximum absolute atomic E-state index is 11.8.